The first kappa shape index (κ1) is 16.9. The van der Waals surface area contributed by atoms with E-state index < -0.39 is 12.5 Å². The summed E-state index contributed by atoms with van der Waals surface area (Å²) in [5.74, 6) is 0. The van der Waals surface area contributed by atoms with Gasteiger partial charge < -0.3 is 10.6 Å². The maximum atomic E-state index is 12.7. The summed E-state index contributed by atoms with van der Waals surface area (Å²) < 4.78 is 25.3. The lowest BCUT2D eigenvalue weighted by molar-refractivity contribution is 0.151. The molecule has 0 radical (unpaired) electrons. The van der Waals surface area contributed by atoms with Crippen molar-refractivity contribution in [1.82, 2.24) is 5.32 Å². The highest BCUT2D eigenvalue weighted by Gasteiger charge is 2.13. The Morgan fingerprint density at radius 1 is 1.09 bits per heavy atom. The number of urea groups is 1. The molecule has 122 valence electrons. The highest BCUT2D eigenvalue weighted by molar-refractivity contribution is 5.89. The Kier molecular flexibility index (Phi) is 5.32. The van der Waals surface area contributed by atoms with Crippen molar-refractivity contribution in [1.29, 1.82) is 0 Å². The van der Waals surface area contributed by atoms with Crippen molar-refractivity contribution in [2.75, 3.05) is 5.32 Å². The molecular formula is C18H20F2N2O. The molecule has 23 heavy (non-hydrogen) atoms. The predicted molar refractivity (Wildman–Crippen MR) is 87.9 cm³/mol. The molecule has 0 heterocycles. The predicted octanol–water partition coefficient (Wildman–Crippen LogP) is 5.12. The molecule has 2 aromatic rings. The number of alkyl halides is 2. The Morgan fingerprint density at radius 3 is 2.52 bits per heavy atom. The number of amides is 2. The zero-order valence-electron chi connectivity index (χ0n) is 13.4. The van der Waals surface area contributed by atoms with Crippen LogP contribution in [0.2, 0.25) is 0 Å². The van der Waals surface area contributed by atoms with E-state index in [1.807, 2.05) is 39.0 Å². The Hall–Kier alpha value is -2.43. The van der Waals surface area contributed by atoms with Crippen LogP contribution in [0.5, 0.6) is 0 Å². The van der Waals surface area contributed by atoms with Gasteiger partial charge in [-0.2, -0.15) is 0 Å². The Balaban J connectivity index is 2.04. The minimum atomic E-state index is -2.56. The van der Waals surface area contributed by atoms with Crippen LogP contribution >= 0.6 is 0 Å². The van der Waals surface area contributed by atoms with Gasteiger partial charge in [-0.25, -0.2) is 13.6 Å². The highest BCUT2D eigenvalue weighted by Crippen LogP contribution is 2.22. The average molecular weight is 318 g/mol. The van der Waals surface area contributed by atoms with Crippen molar-refractivity contribution in [2.24, 2.45) is 0 Å². The van der Waals surface area contributed by atoms with Gasteiger partial charge in [-0.1, -0.05) is 35.9 Å². The minimum Gasteiger partial charge on any atom is -0.331 e. The van der Waals surface area contributed by atoms with Gasteiger partial charge in [0, 0.05) is 11.3 Å². The van der Waals surface area contributed by atoms with Crippen LogP contribution in [-0.4, -0.2) is 6.03 Å². The third-order valence-electron chi connectivity index (χ3n) is 3.65. The average Bonchev–Trinajstić information content (AvgIpc) is 2.49. The Labute approximate surface area is 134 Å². The number of hydrogen-bond donors (Lipinski definition) is 2. The summed E-state index contributed by atoms with van der Waals surface area (Å²) in [6, 6.07) is 11.1. The number of anilines is 1. The molecule has 2 rings (SSSR count). The van der Waals surface area contributed by atoms with Crippen LogP contribution in [0.3, 0.4) is 0 Å². The van der Waals surface area contributed by atoms with Crippen LogP contribution in [0, 0.1) is 13.8 Å². The second-order valence-electron chi connectivity index (χ2n) is 5.61. The van der Waals surface area contributed by atoms with E-state index in [4.69, 9.17) is 0 Å². The van der Waals surface area contributed by atoms with Crippen molar-refractivity contribution >= 4 is 11.7 Å². The second kappa shape index (κ2) is 7.22. The van der Waals surface area contributed by atoms with Gasteiger partial charge in [-0.3, -0.25) is 0 Å². The number of carbonyl (C=O) groups excluding carboxylic acids is 1. The lowest BCUT2D eigenvalue weighted by Crippen LogP contribution is -2.31. The number of benzene rings is 2. The number of aryl methyl sites for hydroxylation is 2. The van der Waals surface area contributed by atoms with Crippen LogP contribution in [0.1, 0.15) is 41.6 Å². The summed E-state index contributed by atoms with van der Waals surface area (Å²) in [5.41, 5.74) is 3.45. The quantitative estimate of drug-likeness (QED) is 0.806. The Bertz CT molecular complexity index is 701. The molecule has 3 nitrogen and oxygen atoms in total. The summed E-state index contributed by atoms with van der Waals surface area (Å²) in [6.07, 6.45) is -2.56. The summed E-state index contributed by atoms with van der Waals surface area (Å²) in [7, 11) is 0. The fourth-order valence-corrected chi connectivity index (χ4v) is 2.42. The van der Waals surface area contributed by atoms with Crippen molar-refractivity contribution in [2.45, 2.75) is 33.2 Å². The number of carbonyl (C=O) groups is 1. The molecule has 0 spiro atoms. The fraction of sp³-hybridized carbons (Fsp3) is 0.278. The minimum absolute atomic E-state index is 0.120. The lowest BCUT2D eigenvalue weighted by atomic mass is 10.0. The number of halogens is 2. The molecule has 0 aliphatic rings. The van der Waals surface area contributed by atoms with Gasteiger partial charge in [0.15, 0.2) is 0 Å². The summed E-state index contributed by atoms with van der Waals surface area (Å²) in [4.78, 5) is 12.1. The van der Waals surface area contributed by atoms with Crippen LogP contribution in [0.25, 0.3) is 0 Å². The third kappa shape index (κ3) is 4.52. The second-order valence-corrected chi connectivity index (χ2v) is 5.61. The molecule has 2 amide bonds. The fourth-order valence-electron chi connectivity index (χ4n) is 2.42. The number of rotatable bonds is 4. The molecule has 2 aromatic carbocycles. The molecule has 0 fully saturated rings. The van der Waals surface area contributed by atoms with Crippen molar-refractivity contribution in [3.05, 3.63) is 64.7 Å². The van der Waals surface area contributed by atoms with Crippen LogP contribution in [0.15, 0.2) is 42.5 Å². The molecule has 1 unspecified atom stereocenters. The first-order chi connectivity index (χ1) is 10.9. The van der Waals surface area contributed by atoms with Gasteiger partial charge in [-0.15, -0.1) is 0 Å². The molecule has 0 aliphatic heterocycles. The first-order valence-electron chi connectivity index (χ1n) is 7.39. The normalized spacial score (nSPS) is 12.1. The Morgan fingerprint density at radius 2 is 1.83 bits per heavy atom. The smallest absolute Gasteiger partial charge is 0.319 e. The molecule has 0 saturated carbocycles. The molecular weight excluding hydrogens is 298 g/mol. The topological polar surface area (TPSA) is 41.1 Å². The summed E-state index contributed by atoms with van der Waals surface area (Å²) >= 11 is 0. The monoisotopic (exact) mass is 318 g/mol. The van der Waals surface area contributed by atoms with E-state index in [1.54, 1.807) is 6.07 Å². The molecule has 0 aliphatic carbocycles. The van der Waals surface area contributed by atoms with E-state index in [9.17, 15) is 13.6 Å². The summed E-state index contributed by atoms with van der Waals surface area (Å²) in [5, 5.41) is 5.41. The van der Waals surface area contributed by atoms with E-state index in [-0.39, 0.29) is 11.6 Å². The first-order valence-corrected chi connectivity index (χ1v) is 7.39. The standard InChI is InChI=1S/C18H20F2N2O/c1-11-7-8-12(2)16(9-11)13(3)21-18(23)22-15-6-4-5-14(10-15)17(19)20/h4-10,13,17H,1-3H3,(H2,21,22,23). The molecule has 0 aromatic heterocycles. The molecule has 1 atom stereocenters. The lowest BCUT2D eigenvalue weighted by Gasteiger charge is -2.18. The molecule has 5 heteroatoms. The van der Waals surface area contributed by atoms with E-state index in [0.29, 0.717) is 5.69 Å². The van der Waals surface area contributed by atoms with E-state index in [1.165, 1.54) is 18.2 Å². The van der Waals surface area contributed by atoms with Crippen LogP contribution in [0.4, 0.5) is 19.3 Å². The van der Waals surface area contributed by atoms with Crippen molar-refractivity contribution in [3.8, 4) is 0 Å². The maximum absolute atomic E-state index is 12.7. The molecule has 0 bridgehead atoms. The molecule has 2 N–H and O–H groups in total. The zero-order valence-corrected chi connectivity index (χ0v) is 13.4. The molecule has 0 saturated heterocycles. The zero-order chi connectivity index (χ0) is 17.0. The third-order valence-corrected chi connectivity index (χ3v) is 3.65. The van der Waals surface area contributed by atoms with Gasteiger partial charge >= 0.3 is 6.03 Å². The maximum Gasteiger partial charge on any atom is 0.319 e. The van der Waals surface area contributed by atoms with Gasteiger partial charge in [0.25, 0.3) is 6.43 Å². The van der Waals surface area contributed by atoms with E-state index in [0.717, 1.165) is 16.7 Å². The highest BCUT2D eigenvalue weighted by atomic mass is 19.3. The SMILES string of the molecule is Cc1ccc(C)c(C(C)NC(=O)Nc2cccc(C(F)F)c2)c1. The van der Waals surface area contributed by atoms with Gasteiger partial charge in [-0.05, 0) is 44.0 Å². The summed E-state index contributed by atoms with van der Waals surface area (Å²) in [6.45, 7) is 5.86. The van der Waals surface area contributed by atoms with Crippen LogP contribution in [-0.2, 0) is 0 Å². The van der Waals surface area contributed by atoms with Crippen molar-refractivity contribution < 1.29 is 13.6 Å². The van der Waals surface area contributed by atoms with Crippen LogP contribution < -0.4 is 10.6 Å². The van der Waals surface area contributed by atoms with Gasteiger partial charge in [0.1, 0.15) is 0 Å². The number of hydrogen-bond acceptors (Lipinski definition) is 1. The van der Waals surface area contributed by atoms with E-state index >= 15 is 0 Å². The largest absolute Gasteiger partial charge is 0.331 e. The van der Waals surface area contributed by atoms with Gasteiger partial charge in [0.05, 0.1) is 6.04 Å². The van der Waals surface area contributed by atoms with E-state index in [2.05, 4.69) is 10.6 Å². The van der Waals surface area contributed by atoms with Crippen molar-refractivity contribution in [3.63, 3.8) is 0 Å². The number of nitrogens with one attached hydrogen (secondary N) is 2. The van der Waals surface area contributed by atoms with Gasteiger partial charge in [0.2, 0.25) is 0 Å².